The molecule has 0 spiro atoms. The number of rotatable bonds is 10. The number of hydrogen-bond donors (Lipinski definition) is 1. The van der Waals surface area contributed by atoms with Crippen molar-refractivity contribution in [3.63, 3.8) is 0 Å². The molecular weight excluding hydrogens is 405 g/mol. The Balaban J connectivity index is 1.60. The van der Waals surface area contributed by atoms with Crippen molar-refractivity contribution in [2.45, 2.75) is 19.6 Å². The molecule has 4 nitrogen and oxygen atoms in total. The molecule has 0 aliphatic heterocycles. The molecule has 0 radical (unpaired) electrons. The van der Waals surface area contributed by atoms with E-state index < -0.39 is 0 Å². The van der Waals surface area contributed by atoms with E-state index in [0.29, 0.717) is 28.6 Å². The second-order valence-corrected chi connectivity index (χ2v) is 7.12. The molecule has 0 heterocycles. The summed E-state index contributed by atoms with van der Waals surface area (Å²) < 4.78 is 30.4. The third kappa shape index (κ3) is 5.65. The van der Waals surface area contributed by atoms with Crippen LogP contribution >= 0.6 is 11.6 Å². The van der Waals surface area contributed by atoms with E-state index in [-0.39, 0.29) is 12.4 Å². The minimum Gasteiger partial charge on any atom is -0.496 e. The first-order valence-electron chi connectivity index (χ1n) is 9.67. The molecule has 0 saturated heterocycles. The van der Waals surface area contributed by atoms with Gasteiger partial charge in [-0.05, 0) is 42.3 Å². The molecule has 6 heteroatoms. The zero-order valence-electron chi connectivity index (χ0n) is 17.1. The molecule has 0 saturated carbocycles. The van der Waals surface area contributed by atoms with Gasteiger partial charge in [0.25, 0.3) is 0 Å². The van der Waals surface area contributed by atoms with Crippen molar-refractivity contribution < 1.29 is 18.6 Å². The molecule has 0 aliphatic carbocycles. The van der Waals surface area contributed by atoms with E-state index in [0.717, 1.165) is 29.8 Å². The van der Waals surface area contributed by atoms with E-state index in [9.17, 15) is 4.39 Å². The lowest BCUT2D eigenvalue weighted by atomic mass is 10.1. The van der Waals surface area contributed by atoms with Gasteiger partial charge in [0, 0.05) is 23.2 Å². The van der Waals surface area contributed by atoms with Gasteiger partial charge in [0.1, 0.15) is 18.2 Å². The molecule has 3 aromatic rings. The fraction of sp³-hybridized carbons (Fsp3) is 0.250. The van der Waals surface area contributed by atoms with E-state index in [4.69, 9.17) is 25.8 Å². The van der Waals surface area contributed by atoms with Gasteiger partial charge in [-0.2, -0.15) is 0 Å². The quantitative estimate of drug-likeness (QED) is 0.437. The molecular formula is C24H25ClFNO3. The van der Waals surface area contributed by atoms with Crippen molar-refractivity contribution in [3.05, 3.63) is 88.2 Å². The van der Waals surface area contributed by atoms with Crippen molar-refractivity contribution in [2.75, 3.05) is 20.8 Å². The lowest BCUT2D eigenvalue weighted by molar-refractivity contribution is 0.279. The first-order chi connectivity index (χ1) is 14.6. The first kappa shape index (κ1) is 21.9. The lowest BCUT2D eigenvalue weighted by Gasteiger charge is -2.15. The Hall–Kier alpha value is -2.76. The number of halogens is 2. The van der Waals surface area contributed by atoms with Crippen molar-refractivity contribution in [1.82, 2.24) is 5.32 Å². The van der Waals surface area contributed by atoms with Gasteiger partial charge in [-0.3, -0.25) is 0 Å². The minimum atomic E-state index is -0.307. The molecule has 3 aromatic carbocycles. The number of para-hydroxylation sites is 1. The summed E-state index contributed by atoms with van der Waals surface area (Å²) in [5, 5.41) is 3.95. The van der Waals surface area contributed by atoms with Crippen molar-refractivity contribution in [2.24, 2.45) is 0 Å². The van der Waals surface area contributed by atoms with Crippen LogP contribution in [0.1, 0.15) is 16.7 Å². The Labute approximate surface area is 181 Å². The monoisotopic (exact) mass is 429 g/mol. The Morgan fingerprint density at radius 1 is 0.833 bits per heavy atom. The van der Waals surface area contributed by atoms with Gasteiger partial charge >= 0.3 is 0 Å². The van der Waals surface area contributed by atoms with Crippen LogP contribution in [0.4, 0.5) is 4.39 Å². The highest BCUT2D eigenvalue weighted by molar-refractivity contribution is 6.31. The van der Waals surface area contributed by atoms with Crippen molar-refractivity contribution in [3.8, 4) is 17.2 Å². The van der Waals surface area contributed by atoms with E-state index in [1.165, 1.54) is 6.07 Å². The normalized spacial score (nSPS) is 10.7. The molecule has 0 bridgehead atoms. The lowest BCUT2D eigenvalue weighted by Crippen LogP contribution is -2.17. The standard InChI is InChI=1S/C24H25ClFNO3/c1-28-22-10-6-4-7-17(22)11-12-27-15-19-13-23(29-2)24(14-20(19)25)30-16-18-8-3-5-9-21(18)26/h3-10,13-14,27H,11-12,15-16H2,1-2H3. The SMILES string of the molecule is COc1ccccc1CCNCc1cc(OC)c(OCc2ccccc2F)cc1Cl. The Morgan fingerprint density at radius 2 is 1.53 bits per heavy atom. The predicted octanol–water partition coefficient (Wildman–Crippen LogP) is 5.41. The van der Waals surface area contributed by atoms with Crippen molar-refractivity contribution >= 4 is 11.6 Å². The molecule has 1 N–H and O–H groups in total. The zero-order chi connectivity index (χ0) is 21.3. The molecule has 0 aliphatic rings. The predicted molar refractivity (Wildman–Crippen MR) is 117 cm³/mol. The van der Waals surface area contributed by atoms with E-state index in [2.05, 4.69) is 11.4 Å². The summed E-state index contributed by atoms with van der Waals surface area (Å²) in [6.45, 7) is 1.44. The van der Waals surface area contributed by atoms with Crippen LogP contribution in [0.5, 0.6) is 17.2 Å². The highest BCUT2D eigenvalue weighted by Crippen LogP contribution is 2.34. The fourth-order valence-electron chi connectivity index (χ4n) is 3.11. The van der Waals surface area contributed by atoms with Crippen LogP contribution < -0.4 is 19.5 Å². The largest absolute Gasteiger partial charge is 0.496 e. The molecule has 0 aromatic heterocycles. The molecule has 0 fully saturated rings. The third-order valence-corrected chi connectivity index (χ3v) is 5.10. The first-order valence-corrected chi connectivity index (χ1v) is 10.1. The molecule has 30 heavy (non-hydrogen) atoms. The highest BCUT2D eigenvalue weighted by Gasteiger charge is 2.12. The Bertz CT molecular complexity index is 980. The zero-order valence-corrected chi connectivity index (χ0v) is 17.8. The fourth-order valence-corrected chi connectivity index (χ4v) is 3.33. The summed E-state index contributed by atoms with van der Waals surface area (Å²) >= 11 is 6.45. The van der Waals surface area contributed by atoms with Crippen molar-refractivity contribution in [1.29, 1.82) is 0 Å². The molecule has 0 unspecified atom stereocenters. The van der Waals surface area contributed by atoms with E-state index in [1.807, 2.05) is 24.3 Å². The topological polar surface area (TPSA) is 39.7 Å². The minimum absolute atomic E-state index is 0.0931. The highest BCUT2D eigenvalue weighted by atomic mass is 35.5. The number of ether oxygens (including phenoxy) is 3. The van der Waals surface area contributed by atoms with Crippen LogP contribution in [-0.2, 0) is 19.6 Å². The average Bonchev–Trinajstić information content (AvgIpc) is 2.77. The maximum Gasteiger partial charge on any atom is 0.163 e. The van der Waals surface area contributed by atoms with Crippen LogP contribution in [-0.4, -0.2) is 20.8 Å². The summed E-state index contributed by atoms with van der Waals surface area (Å²) in [6.07, 6.45) is 0.836. The number of benzene rings is 3. The van der Waals surface area contributed by atoms with E-state index >= 15 is 0 Å². The third-order valence-electron chi connectivity index (χ3n) is 4.75. The summed E-state index contributed by atoms with van der Waals surface area (Å²) in [5.41, 5.74) is 2.51. The summed E-state index contributed by atoms with van der Waals surface area (Å²) in [5.74, 6) is 1.61. The van der Waals surface area contributed by atoms with Crippen LogP contribution in [0, 0.1) is 5.82 Å². The van der Waals surface area contributed by atoms with Gasteiger partial charge in [-0.25, -0.2) is 4.39 Å². The van der Waals surface area contributed by atoms with Crippen LogP contribution in [0.25, 0.3) is 0 Å². The molecule has 3 rings (SSSR count). The smallest absolute Gasteiger partial charge is 0.163 e. The molecule has 0 atom stereocenters. The number of methoxy groups -OCH3 is 2. The van der Waals surface area contributed by atoms with Gasteiger partial charge in [0.2, 0.25) is 0 Å². The van der Waals surface area contributed by atoms with Gasteiger partial charge in [-0.15, -0.1) is 0 Å². The summed E-state index contributed by atoms with van der Waals surface area (Å²) in [7, 11) is 3.24. The van der Waals surface area contributed by atoms with Crippen LogP contribution in [0.2, 0.25) is 5.02 Å². The maximum atomic E-state index is 13.8. The Kier molecular flexibility index (Phi) is 7.94. The maximum absolute atomic E-state index is 13.8. The average molecular weight is 430 g/mol. The number of nitrogens with one attached hydrogen (secondary N) is 1. The second-order valence-electron chi connectivity index (χ2n) is 6.71. The van der Waals surface area contributed by atoms with Gasteiger partial charge in [0.05, 0.1) is 14.2 Å². The van der Waals surface area contributed by atoms with E-state index in [1.54, 1.807) is 38.5 Å². The summed E-state index contributed by atoms with van der Waals surface area (Å²) in [4.78, 5) is 0. The number of hydrogen-bond acceptors (Lipinski definition) is 4. The van der Waals surface area contributed by atoms with Crippen LogP contribution in [0.15, 0.2) is 60.7 Å². The second kappa shape index (κ2) is 10.9. The Morgan fingerprint density at radius 3 is 2.27 bits per heavy atom. The summed E-state index contributed by atoms with van der Waals surface area (Å²) in [6, 6.07) is 18.0. The van der Waals surface area contributed by atoms with Gasteiger partial charge in [0.15, 0.2) is 11.5 Å². The van der Waals surface area contributed by atoms with Crippen LogP contribution in [0.3, 0.4) is 0 Å². The molecule has 158 valence electrons. The van der Waals surface area contributed by atoms with Gasteiger partial charge in [-0.1, -0.05) is 48.0 Å². The molecule has 0 amide bonds. The van der Waals surface area contributed by atoms with Gasteiger partial charge < -0.3 is 19.5 Å².